The van der Waals surface area contributed by atoms with Gasteiger partial charge in [0.15, 0.2) is 6.79 Å². The Morgan fingerprint density at radius 2 is 1.61 bits per heavy atom. The Bertz CT molecular complexity index is 1180. The summed E-state index contributed by atoms with van der Waals surface area (Å²) >= 11 is 0. The lowest BCUT2D eigenvalue weighted by Gasteiger charge is -2.28. The molecule has 0 unspecified atom stereocenters. The van der Waals surface area contributed by atoms with Crippen molar-refractivity contribution in [3.8, 4) is 11.5 Å². The van der Waals surface area contributed by atoms with Crippen molar-refractivity contribution in [2.45, 2.75) is 31.3 Å². The number of para-hydroxylation sites is 1. The summed E-state index contributed by atoms with van der Waals surface area (Å²) in [7, 11) is 4.91. The van der Waals surface area contributed by atoms with Gasteiger partial charge in [0.1, 0.15) is 11.5 Å². The summed E-state index contributed by atoms with van der Waals surface area (Å²) in [6.07, 6.45) is 0.356. The van der Waals surface area contributed by atoms with Gasteiger partial charge >= 0.3 is 6.03 Å². The van der Waals surface area contributed by atoms with Crippen molar-refractivity contribution in [2.24, 2.45) is 0 Å². The Morgan fingerprint density at radius 3 is 2.28 bits per heavy atom. The lowest BCUT2D eigenvalue weighted by atomic mass is 9.89. The number of hydrogen-bond acceptors (Lipinski definition) is 5. The maximum Gasteiger partial charge on any atom is 0.327 e. The van der Waals surface area contributed by atoms with E-state index in [2.05, 4.69) is 0 Å². The van der Waals surface area contributed by atoms with Gasteiger partial charge in [0.05, 0.1) is 25.1 Å². The summed E-state index contributed by atoms with van der Waals surface area (Å²) in [6, 6.07) is 23.9. The van der Waals surface area contributed by atoms with Gasteiger partial charge in [-0.25, -0.2) is 4.79 Å². The van der Waals surface area contributed by atoms with Crippen LogP contribution in [0.15, 0.2) is 78.9 Å². The van der Waals surface area contributed by atoms with Crippen LogP contribution in [0.4, 0.5) is 4.79 Å². The average molecular weight is 489 g/mol. The van der Waals surface area contributed by atoms with Gasteiger partial charge in [-0.2, -0.15) is 0 Å². The predicted octanol–water partition coefficient (Wildman–Crippen LogP) is 5.03. The predicted molar refractivity (Wildman–Crippen MR) is 137 cm³/mol. The Hall–Kier alpha value is -3.84. The van der Waals surface area contributed by atoms with E-state index in [1.165, 1.54) is 4.90 Å². The van der Waals surface area contributed by atoms with Gasteiger partial charge in [-0.15, -0.1) is 0 Å². The Labute approximate surface area is 212 Å². The fourth-order valence-corrected chi connectivity index (χ4v) is 4.71. The zero-order valence-electron chi connectivity index (χ0n) is 21.1. The molecule has 0 spiro atoms. The largest absolute Gasteiger partial charge is 0.497 e. The fraction of sp³-hybridized carbons (Fsp3) is 0.310. The number of carbonyl (C=O) groups excluding carboxylic acids is 2. The quantitative estimate of drug-likeness (QED) is 0.395. The number of methoxy groups -OCH3 is 2. The molecule has 1 aliphatic rings. The number of carbonyl (C=O) groups is 2. The SMILES string of the molecule is COCOc1ccccc1C[C@H](C(=O)N1C(=O)N(C)[C@H](C)[C@@H]1c1ccccc1)c1ccc(OC)cc1. The van der Waals surface area contributed by atoms with Gasteiger partial charge in [0, 0.05) is 14.2 Å². The second-order valence-electron chi connectivity index (χ2n) is 8.89. The van der Waals surface area contributed by atoms with Crippen LogP contribution in [0.2, 0.25) is 0 Å². The van der Waals surface area contributed by atoms with E-state index in [1.54, 1.807) is 26.2 Å². The molecule has 3 aromatic rings. The lowest BCUT2D eigenvalue weighted by Crippen LogP contribution is -2.40. The molecular weight excluding hydrogens is 456 g/mol. The number of ether oxygens (including phenoxy) is 3. The lowest BCUT2D eigenvalue weighted by molar-refractivity contribution is -0.131. The minimum atomic E-state index is -0.614. The molecular formula is C29H32N2O5. The number of benzene rings is 3. The summed E-state index contributed by atoms with van der Waals surface area (Å²) in [5, 5.41) is 0. The first-order valence-corrected chi connectivity index (χ1v) is 11.9. The summed E-state index contributed by atoms with van der Waals surface area (Å²) in [4.78, 5) is 30.8. The van der Waals surface area contributed by atoms with Crippen LogP contribution in [0.25, 0.3) is 0 Å². The van der Waals surface area contributed by atoms with Crippen LogP contribution in [0.1, 0.15) is 35.6 Å². The molecule has 0 N–H and O–H groups in total. The van der Waals surface area contributed by atoms with Crippen molar-refractivity contribution in [1.82, 2.24) is 9.80 Å². The standard InChI is InChI=1S/C29H32N2O5/c1-20-27(22-10-6-5-7-11-22)31(29(33)30(20)2)28(32)25(21-14-16-24(35-4)17-15-21)18-23-12-8-9-13-26(23)36-19-34-3/h5-17,20,25,27H,18-19H2,1-4H3/t20-,25+,27-/m1/s1. The molecule has 0 bridgehead atoms. The average Bonchev–Trinajstić information content (AvgIpc) is 3.15. The first-order valence-electron chi connectivity index (χ1n) is 11.9. The third-order valence-electron chi connectivity index (χ3n) is 6.78. The zero-order valence-corrected chi connectivity index (χ0v) is 21.1. The van der Waals surface area contributed by atoms with Crippen molar-refractivity contribution >= 4 is 11.9 Å². The number of likely N-dealkylation sites (N-methyl/N-ethyl adjacent to an activating group) is 1. The first-order chi connectivity index (χ1) is 17.5. The fourth-order valence-electron chi connectivity index (χ4n) is 4.71. The van der Waals surface area contributed by atoms with E-state index in [9.17, 15) is 9.59 Å². The molecule has 7 heteroatoms. The Balaban J connectivity index is 1.76. The van der Waals surface area contributed by atoms with Crippen LogP contribution in [-0.2, 0) is 16.0 Å². The molecule has 3 aromatic carbocycles. The van der Waals surface area contributed by atoms with Gasteiger partial charge < -0.3 is 19.1 Å². The molecule has 7 nitrogen and oxygen atoms in total. The summed E-state index contributed by atoms with van der Waals surface area (Å²) in [6.45, 7) is 2.07. The topological polar surface area (TPSA) is 68.3 Å². The number of hydrogen-bond donors (Lipinski definition) is 0. The molecule has 1 heterocycles. The van der Waals surface area contributed by atoms with Crippen molar-refractivity contribution in [3.05, 3.63) is 95.6 Å². The minimum Gasteiger partial charge on any atom is -0.497 e. The highest BCUT2D eigenvalue weighted by Gasteiger charge is 2.47. The van der Waals surface area contributed by atoms with Crippen molar-refractivity contribution in [1.29, 1.82) is 0 Å². The Kier molecular flexibility index (Phi) is 7.90. The van der Waals surface area contributed by atoms with Crippen LogP contribution in [0.3, 0.4) is 0 Å². The molecule has 0 aromatic heterocycles. The van der Waals surface area contributed by atoms with Crippen molar-refractivity contribution in [3.63, 3.8) is 0 Å². The van der Waals surface area contributed by atoms with Crippen LogP contribution in [-0.4, -0.2) is 55.8 Å². The van der Waals surface area contributed by atoms with Gasteiger partial charge in [0.2, 0.25) is 5.91 Å². The van der Waals surface area contributed by atoms with Crippen molar-refractivity contribution < 1.29 is 23.8 Å². The van der Waals surface area contributed by atoms with Gasteiger partial charge in [0.25, 0.3) is 0 Å². The minimum absolute atomic E-state index is 0.0984. The number of urea groups is 1. The first kappa shape index (κ1) is 25.3. The molecule has 36 heavy (non-hydrogen) atoms. The van der Waals surface area contributed by atoms with Gasteiger partial charge in [-0.1, -0.05) is 60.7 Å². The second-order valence-corrected chi connectivity index (χ2v) is 8.89. The normalized spacial score (nSPS) is 18.3. The number of imide groups is 1. The molecule has 1 fully saturated rings. The van der Waals surface area contributed by atoms with E-state index in [-0.39, 0.29) is 24.8 Å². The molecule has 1 aliphatic heterocycles. The Morgan fingerprint density at radius 1 is 0.944 bits per heavy atom. The monoisotopic (exact) mass is 488 g/mol. The zero-order chi connectivity index (χ0) is 25.7. The van der Waals surface area contributed by atoms with E-state index in [0.29, 0.717) is 17.9 Å². The van der Waals surface area contributed by atoms with Gasteiger partial charge in [-0.05, 0) is 48.2 Å². The smallest absolute Gasteiger partial charge is 0.327 e. The molecule has 0 radical (unpaired) electrons. The third kappa shape index (κ3) is 5.06. The molecule has 4 rings (SSSR count). The summed E-state index contributed by atoms with van der Waals surface area (Å²) in [5.74, 6) is 0.471. The summed E-state index contributed by atoms with van der Waals surface area (Å²) < 4.78 is 16.2. The second kappa shape index (κ2) is 11.3. The van der Waals surface area contributed by atoms with E-state index in [0.717, 1.165) is 16.7 Å². The van der Waals surface area contributed by atoms with E-state index in [1.807, 2.05) is 85.8 Å². The van der Waals surface area contributed by atoms with E-state index in [4.69, 9.17) is 14.2 Å². The van der Waals surface area contributed by atoms with E-state index >= 15 is 0 Å². The highest BCUT2D eigenvalue weighted by Crippen LogP contribution is 2.38. The third-order valence-corrected chi connectivity index (χ3v) is 6.78. The maximum absolute atomic E-state index is 14.3. The number of rotatable bonds is 9. The number of nitrogens with zero attached hydrogens (tertiary/aromatic N) is 2. The number of amides is 3. The van der Waals surface area contributed by atoms with E-state index < -0.39 is 12.0 Å². The highest BCUT2D eigenvalue weighted by atomic mass is 16.7. The molecule has 0 aliphatic carbocycles. The maximum atomic E-state index is 14.3. The van der Waals surface area contributed by atoms with Gasteiger partial charge in [-0.3, -0.25) is 9.69 Å². The molecule has 0 saturated carbocycles. The van der Waals surface area contributed by atoms with Crippen LogP contribution in [0, 0.1) is 0 Å². The summed E-state index contributed by atoms with van der Waals surface area (Å²) in [5.41, 5.74) is 2.57. The highest BCUT2D eigenvalue weighted by molar-refractivity contribution is 6.00. The van der Waals surface area contributed by atoms with Crippen LogP contribution < -0.4 is 9.47 Å². The van der Waals surface area contributed by atoms with Crippen molar-refractivity contribution in [2.75, 3.05) is 28.1 Å². The van der Waals surface area contributed by atoms with Crippen LogP contribution in [0.5, 0.6) is 11.5 Å². The molecule has 1 saturated heterocycles. The molecule has 3 amide bonds. The van der Waals surface area contributed by atoms with Crippen LogP contribution >= 0.6 is 0 Å². The molecule has 3 atom stereocenters. The molecule has 188 valence electrons.